The van der Waals surface area contributed by atoms with Gasteiger partial charge < -0.3 is 4.74 Å². The summed E-state index contributed by atoms with van der Waals surface area (Å²) in [6.07, 6.45) is 18.0. The van der Waals surface area contributed by atoms with Gasteiger partial charge in [0.25, 0.3) is 5.91 Å². The Morgan fingerprint density at radius 1 is 0.900 bits per heavy atom. The fourth-order valence-electron chi connectivity index (χ4n) is 3.16. The van der Waals surface area contributed by atoms with E-state index in [2.05, 4.69) is 22.4 Å². The van der Waals surface area contributed by atoms with Crippen LogP contribution in [0, 0.1) is 0 Å². The third kappa shape index (κ3) is 10.2. The van der Waals surface area contributed by atoms with Gasteiger partial charge in [-0.1, -0.05) is 64.7 Å². The van der Waals surface area contributed by atoms with Crippen molar-refractivity contribution in [1.29, 1.82) is 0 Å². The van der Waals surface area contributed by atoms with E-state index < -0.39 is 0 Å². The smallest absolute Gasteiger partial charge is 0.271 e. The number of carbonyl (C=O) groups excluding carboxylic acids is 1. The number of ether oxygens (including phenoxy) is 1. The van der Waals surface area contributed by atoms with Crippen molar-refractivity contribution in [1.82, 2.24) is 10.4 Å². The summed E-state index contributed by atoms with van der Waals surface area (Å²) >= 11 is 0. The molecule has 0 fully saturated rings. The SMILES string of the molecule is CCCCCCCCCCCCOc1ccc(/C=N\NC(=O)c2ccncc2)cc1. The van der Waals surface area contributed by atoms with Gasteiger partial charge in [0.2, 0.25) is 0 Å². The first-order chi connectivity index (χ1) is 14.8. The average Bonchev–Trinajstić information content (AvgIpc) is 2.79. The second-order valence-electron chi connectivity index (χ2n) is 7.53. The summed E-state index contributed by atoms with van der Waals surface area (Å²) in [6.45, 7) is 3.02. The van der Waals surface area contributed by atoms with E-state index in [0.29, 0.717) is 5.56 Å². The first-order valence-electron chi connectivity index (χ1n) is 11.3. The van der Waals surface area contributed by atoms with Gasteiger partial charge in [0.1, 0.15) is 5.75 Å². The highest BCUT2D eigenvalue weighted by Gasteiger charge is 2.02. The lowest BCUT2D eigenvalue weighted by Crippen LogP contribution is -2.17. The number of aromatic nitrogens is 1. The monoisotopic (exact) mass is 409 g/mol. The molecule has 2 rings (SSSR count). The molecule has 1 amide bonds. The predicted octanol–water partition coefficient (Wildman–Crippen LogP) is 6.15. The maximum absolute atomic E-state index is 11.9. The van der Waals surface area contributed by atoms with E-state index in [-0.39, 0.29) is 5.91 Å². The molecule has 1 aromatic heterocycles. The minimum absolute atomic E-state index is 0.259. The van der Waals surface area contributed by atoms with Gasteiger partial charge in [-0.05, 0) is 48.4 Å². The van der Waals surface area contributed by atoms with Gasteiger partial charge in [-0.15, -0.1) is 0 Å². The maximum Gasteiger partial charge on any atom is 0.271 e. The number of hydrogen-bond acceptors (Lipinski definition) is 4. The van der Waals surface area contributed by atoms with Crippen LogP contribution in [-0.4, -0.2) is 23.7 Å². The Morgan fingerprint density at radius 2 is 1.50 bits per heavy atom. The molecule has 30 heavy (non-hydrogen) atoms. The minimum atomic E-state index is -0.259. The highest BCUT2D eigenvalue weighted by atomic mass is 16.5. The molecular formula is C25H35N3O2. The van der Waals surface area contributed by atoms with Gasteiger partial charge in [0.15, 0.2) is 0 Å². The number of hydrazone groups is 1. The number of unbranched alkanes of at least 4 members (excludes halogenated alkanes) is 9. The highest BCUT2D eigenvalue weighted by molar-refractivity contribution is 5.94. The van der Waals surface area contributed by atoms with E-state index >= 15 is 0 Å². The van der Waals surface area contributed by atoms with Crippen LogP contribution in [0.15, 0.2) is 53.9 Å². The van der Waals surface area contributed by atoms with Gasteiger partial charge in [-0.25, -0.2) is 5.43 Å². The number of rotatable bonds is 15. The molecule has 1 N–H and O–H groups in total. The number of nitrogens with one attached hydrogen (secondary N) is 1. The van der Waals surface area contributed by atoms with E-state index in [0.717, 1.165) is 24.3 Å². The molecule has 0 unspecified atom stereocenters. The van der Waals surface area contributed by atoms with E-state index in [1.165, 1.54) is 57.8 Å². The van der Waals surface area contributed by atoms with E-state index in [9.17, 15) is 4.79 Å². The topological polar surface area (TPSA) is 63.6 Å². The van der Waals surface area contributed by atoms with Crippen molar-refractivity contribution < 1.29 is 9.53 Å². The molecule has 0 aliphatic carbocycles. The summed E-state index contributed by atoms with van der Waals surface area (Å²) < 4.78 is 5.81. The molecule has 1 aromatic carbocycles. The van der Waals surface area contributed by atoms with Gasteiger partial charge >= 0.3 is 0 Å². The van der Waals surface area contributed by atoms with Crippen LogP contribution in [0.5, 0.6) is 5.75 Å². The molecule has 0 aliphatic rings. The summed E-state index contributed by atoms with van der Waals surface area (Å²) in [4.78, 5) is 15.8. The summed E-state index contributed by atoms with van der Waals surface area (Å²) in [5.41, 5.74) is 3.93. The normalized spacial score (nSPS) is 11.0. The zero-order valence-electron chi connectivity index (χ0n) is 18.2. The molecule has 0 aliphatic heterocycles. The van der Waals surface area contributed by atoms with Crippen molar-refractivity contribution in [3.05, 3.63) is 59.9 Å². The number of benzene rings is 1. The van der Waals surface area contributed by atoms with Crippen LogP contribution >= 0.6 is 0 Å². The first kappa shape index (κ1) is 23.6. The van der Waals surface area contributed by atoms with Crippen molar-refractivity contribution in [3.63, 3.8) is 0 Å². The Balaban J connectivity index is 1.54. The number of nitrogens with zero attached hydrogens (tertiary/aromatic N) is 2. The standard InChI is InChI=1S/C25H35N3O2/c1-2-3-4-5-6-7-8-9-10-11-20-30-24-14-12-22(13-15-24)21-27-28-25(29)23-16-18-26-19-17-23/h12-19,21H,2-11,20H2,1H3,(H,28,29)/b27-21-. The molecule has 2 aromatic rings. The van der Waals surface area contributed by atoms with E-state index in [1.807, 2.05) is 24.3 Å². The number of amides is 1. The van der Waals surface area contributed by atoms with Crippen molar-refractivity contribution in [2.24, 2.45) is 5.10 Å². The Bertz CT molecular complexity index is 730. The van der Waals surface area contributed by atoms with Gasteiger partial charge in [-0.3, -0.25) is 9.78 Å². The van der Waals surface area contributed by atoms with Gasteiger partial charge in [0, 0.05) is 18.0 Å². The molecule has 0 bridgehead atoms. The molecule has 0 radical (unpaired) electrons. The fourth-order valence-corrected chi connectivity index (χ4v) is 3.16. The summed E-state index contributed by atoms with van der Waals surface area (Å²) in [5, 5.41) is 3.99. The number of hydrogen-bond donors (Lipinski definition) is 1. The molecule has 1 heterocycles. The molecule has 0 saturated heterocycles. The van der Waals surface area contributed by atoms with Crippen LogP contribution in [-0.2, 0) is 0 Å². The van der Waals surface area contributed by atoms with Crippen LogP contribution in [0.2, 0.25) is 0 Å². The number of pyridine rings is 1. The lowest BCUT2D eigenvalue weighted by atomic mass is 10.1. The van der Waals surface area contributed by atoms with Crippen LogP contribution in [0.1, 0.15) is 87.1 Å². The van der Waals surface area contributed by atoms with Crippen LogP contribution in [0.3, 0.4) is 0 Å². The molecule has 5 heteroatoms. The Morgan fingerprint density at radius 3 is 2.13 bits per heavy atom. The molecule has 5 nitrogen and oxygen atoms in total. The first-order valence-corrected chi connectivity index (χ1v) is 11.3. The largest absolute Gasteiger partial charge is 0.494 e. The van der Waals surface area contributed by atoms with E-state index in [1.54, 1.807) is 30.7 Å². The molecular weight excluding hydrogens is 374 g/mol. The Labute approximate surface area is 181 Å². The van der Waals surface area contributed by atoms with Crippen molar-refractivity contribution in [2.45, 2.75) is 71.1 Å². The molecule has 162 valence electrons. The van der Waals surface area contributed by atoms with Gasteiger partial charge in [-0.2, -0.15) is 5.10 Å². The zero-order valence-corrected chi connectivity index (χ0v) is 18.2. The quantitative estimate of drug-likeness (QED) is 0.218. The van der Waals surface area contributed by atoms with Crippen molar-refractivity contribution >= 4 is 12.1 Å². The lowest BCUT2D eigenvalue weighted by molar-refractivity contribution is 0.0955. The van der Waals surface area contributed by atoms with Gasteiger partial charge in [0.05, 0.1) is 12.8 Å². The van der Waals surface area contributed by atoms with Crippen molar-refractivity contribution in [2.75, 3.05) is 6.61 Å². The second-order valence-corrected chi connectivity index (χ2v) is 7.53. The van der Waals surface area contributed by atoms with Crippen LogP contribution in [0.4, 0.5) is 0 Å². The predicted molar refractivity (Wildman–Crippen MR) is 123 cm³/mol. The third-order valence-electron chi connectivity index (χ3n) is 4.97. The summed E-state index contributed by atoms with van der Waals surface area (Å²) in [7, 11) is 0. The summed E-state index contributed by atoms with van der Waals surface area (Å²) in [6, 6.07) is 11.0. The molecule has 0 saturated carbocycles. The van der Waals surface area contributed by atoms with E-state index in [4.69, 9.17) is 4.74 Å². The lowest BCUT2D eigenvalue weighted by Gasteiger charge is -2.06. The highest BCUT2D eigenvalue weighted by Crippen LogP contribution is 2.13. The second kappa shape index (κ2) is 15.2. The Kier molecular flexibility index (Phi) is 11.9. The number of carbonyl (C=O) groups is 1. The molecule has 0 spiro atoms. The Hall–Kier alpha value is -2.69. The molecule has 0 atom stereocenters. The fraction of sp³-hybridized carbons (Fsp3) is 0.480. The van der Waals surface area contributed by atoms with Crippen LogP contribution < -0.4 is 10.2 Å². The average molecular weight is 410 g/mol. The minimum Gasteiger partial charge on any atom is -0.494 e. The zero-order chi connectivity index (χ0) is 21.3. The van der Waals surface area contributed by atoms with Crippen molar-refractivity contribution in [3.8, 4) is 5.75 Å². The summed E-state index contributed by atoms with van der Waals surface area (Å²) in [5.74, 6) is 0.606. The van der Waals surface area contributed by atoms with Crippen LogP contribution in [0.25, 0.3) is 0 Å². The third-order valence-corrected chi connectivity index (χ3v) is 4.97. The maximum atomic E-state index is 11.9.